The first-order valence-corrected chi connectivity index (χ1v) is 9.81. The molecule has 0 unspecified atom stereocenters. The minimum Gasteiger partial charge on any atom is -0.508 e. The Balaban J connectivity index is 1.86. The molecular weight excluding hydrogens is 384 g/mol. The molecule has 0 fully saturated rings. The molecule has 3 heteroatoms. The van der Waals surface area contributed by atoms with E-state index in [1.807, 2.05) is 42.5 Å². The van der Waals surface area contributed by atoms with Gasteiger partial charge < -0.3 is 14.9 Å². The molecule has 0 atom stereocenters. The second-order valence-corrected chi connectivity index (χ2v) is 7.21. The molecule has 0 spiro atoms. The van der Waals surface area contributed by atoms with Gasteiger partial charge in [0.25, 0.3) is 0 Å². The summed E-state index contributed by atoms with van der Waals surface area (Å²) in [7, 11) is 0. The minimum absolute atomic E-state index is 0.162. The number of fused-ring (bicyclic) bond motifs is 1. The standard InChI is InChI=1S/C28H22O3/c1-4-18-7-10-27(30)25(14-18)22-12-19(5-2)13-24(16-22)31-28-15-20(6-3)11-21-8-9-23(29)17-26(21)28/h4-17,29-30H,1-3H2. The van der Waals surface area contributed by atoms with Crippen molar-refractivity contribution >= 4 is 29.0 Å². The van der Waals surface area contributed by atoms with Crippen LogP contribution >= 0.6 is 0 Å². The van der Waals surface area contributed by atoms with Crippen LogP contribution in [0.5, 0.6) is 23.0 Å². The van der Waals surface area contributed by atoms with Gasteiger partial charge in [-0.1, -0.05) is 50.1 Å². The van der Waals surface area contributed by atoms with Crippen molar-refractivity contribution in [1.29, 1.82) is 0 Å². The molecule has 152 valence electrons. The van der Waals surface area contributed by atoms with Crippen LogP contribution in [0.15, 0.2) is 86.5 Å². The summed E-state index contributed by atoms with van der Waals surface area (Å²) in [4.78, 5) is 0. The molecule has 0 aliphatic carbocycles. The fraction of sp³-hybridized carbons (Fsp3) is 0. The van der Waals surface area contributed by atoms with Crippen molar-refractivity contribution in [3.05, 3.63) is 103 Å². The maximum absolute atomic E-state index is 10.4. The van der Waals surface area contributed by atoms with Crippen molar-refractivity contribution in [2.75, 3.05) is 0 Å². The minimum atomic E-state index is 0.162. The first-order valence-electron chi connectivity index (χ1n) is 9.81. The monoisotopic (exact) mass is 406 g/mol. The summed E-state index contributed by atoms with van der Waals surface area (Å²) in [6, 6.07) is 20.0. The van der Waals surface area contributed by atoms with E-state index in [0.29, 0.717) is 17.1 Å². The number of hydrogen-bond acceptors (Lipinski definition) is 3. The fourth-order valence-corrected chi connectivity index (χ4v) is 3.53. The van der Waals surface area contributed by atoms with Crippen molar-refractivity contribution < 1.29 is 14.9 Å². The van der Waals surface area contributed by atoms with E-state index in [4.69, 9.17) is 4.74 Å². The van der Waals surface area contributed by atoms with E-state index in [1.54, 1.807) is 42.5 Å². The molecule has 0 bridgehead atoms. The van der Waals surface area contributed by atoms with Gasteiger partial charge in [0.1, 0.15) is 23.0 Å². The predicted octanol–water partition coefficient (Wildman–Crippen LogP) is 7.64. The highest BCUT2D eigenvalue weighted by Gasteiger charge is 2.11. The molecule has 0 saturated carbocycles. The van der Waals surface area contributed by atoms with Crippen molar-refractivity contribution in [3.63, 3.8) is 0 Å². The lowest BCUT2D eigenvalue weighted by Crippen LogP contribution is -1.90. The van der Waals surface area contributed by atoms with Gasteiger partial charge in [0.2, 0.25) is 0 Å². The van der Waals surface area contributed by atoms with Gasteiger partial charge in [-0.2, -0.15) is 0 Å². The zero-order chi connectivity index (χ0) is 22.0. The second kappa shape index (κ2) is 8.25. The molecule has 3 nitrogen and oxygen atoms in total. The first-order chi connectivity index (χ1) is 15.0. The van der Waals surface area contributed by atoms with Gasteiger partial charge in [-0.25, -0.2) is 0 Å². The lowest BCUT2D eigenvalue weighted by atomic mass is 9.99. The molecule has 31 heavy (non-hydrogen) atoms. The van der Waals surface area contributed by atoms with E-state index >= 15 is 0 Å². The maximum Gasteiger partial charge on any atom is 0.135 e. The van der Waals surface area contributed by atoms with Crippen LogP contribution in [0.2, 0.25) is 0 Å². The van der Waals surface area contributed by atoms with Crippen LogP contribution in [0.4, 0.5) is 0 Å². The lowest BCUT2D eigenvalue weighted by Gasteiger charge is -2.14. The molecule has 0 radical (unpaired) electrons. The SMILES string of the molecule is C=Cc1cc(Oc2cc(C=C)cc3ccc(O)cc23)cc(-c2cc(C=C)ccc2O)c1. The van der Waals surface area contributed by atoms with Crippen molar-refractivity contribution in [3.8, 4) is 34.1 Å². The molecule has 0 heterocycles. The fourth-order valence-electron chi connectivity index (χ4n) is 3.53. The number of ether oxygens (including phenoxy) is 1. The average molecular weight is 406 g/mol. The van der Waals surface area contributed by atoms with Crippen LogP contribution in [0.3, 0.4) is 0 Å². The van der Waals surface area contributed by atoms with Crippen LogP contribution < -0.4 is 4.74 Å². The smallest absolute Gasteiger partial charge is 0.135 e. The summed E-state index contributed by atoms with van der Waals surface area (Å²) in [5, 5.41) is 22.1. The van der Waals surface area contributed by atoms with Gasteiger partial charge >= 0.3 is 0 Å². The van der Waals surface area contributed by atoms with Gasteiger partial charge in [0.05, 0.1) is 0 Å². The van der Waals surface area contributed by atoms with E-state index in [-0.39, 0.29) is 11.5 Å². The normalized spacial score (nSPS) is 10.6. The van der Waals surface area contributed by atoms with Crippen LogP contribution in [-0.4, -0.2) is 10.2 Å². The number of aromatic hydroxyl groups is 2. The molecule has 4 aromatic rings. The second-order valence-electron chi connectivity index (χ2n) is 7.21. The first kappa shape index (κ1) is 20.0. The highest BCUT2D eigenvalue weighted by molar-refractivity contribution is 5.92. The molecule has 0 amide bonds. The highest BCUT2D eigenvalue weighted by atomic mass is 16.5. The van der Waals surface area contributed by atoms with Gasteiger partial charge in [-0.05, 0) is 82.2 Å². The van der Waals surface area contributed by atoms with Crippen LogP contribution in [0.1, 0.15) is 16.7 Å². The third kappa shape index (κ3) is 4.07. The Morgan fingerprint density at radius 1 is 0.677 bits per heavy atom. The zero-order valence-electron chi connectivity index (χ0n) is 17.0. The summed E-state index contributed by atoms with van der Waals surface area (Å²) < 4.78 is 6.28. The molecular formula is C28H22O3. The molecule has 0 saturated heterocycles. The van der Waals surface area contributed by atoms with Crippen molar-refractivity contribution in [1.82, 2.24) is 0 Å². The Morgan fingerprint density at radius 3 is 2.16 bits per heavy atom. The number of rotatable bonds is 6. The predicted molar refractivity (Wildman–Crippen MR) is 130 cm³/mol. The summed E-state index contributed by atoms with van der Waals surface area (Å²) in [6.07, 6.45) is 5.22. The quantitative estimate of drug-likeness (QED) is 0.346. The van der Waals surface area contributed by atoms with E-state index in [0.717, 1.165) is 33.0 Å². The number of benzene rings is 4. The van der Waals surface area contributed by atoms with Crippen LogP contribution in [0.25, 0.3) is 40.1 Å². The topological polar surface area (TPSA) is 49.7 Å². The highest BCUT2D eigenvalue weighted by Crippen LogP contribution is 2.38. The van der Waals surface area contributed by atoms with Crippen LogP contribution in [0, 0.1) is 0 Å². The van der Waals surface area contributed by atoms with Crippen molar-refractivity contribution in [2.45, 2.75) is 0 Å². The molecule has 0 aliphatic rings. The average Bonchev–Trinajstić information content (AvgIpc) is 2.79. The van der Waals surface area contributed by atoms with E-state index in [9.17, 15) is 10.2 Å². The van der Waals surface area contributed by atoms with E-state index < -0.39 is 0 Å². The van der Waals surface area contributed by atoms with Gasteiger partial charge in [-0.15, -0.1) is 0 Å². The van der Waals surface area contributed by atoms with Crippen LogP contribution in [-0.2, 0) is 0 Å². The number of phenols is 2. The maximum atomic E-state index is 10.4. The molecule has 0 aromatic heterocycles. The zero-order valence-corrected chi connectivity index (χ0v) is 17.0. The molecule has 4 rings (SSSR count). The molecule has 4 aromatic carbocycles. The third-order valence-corrected chi connectivity index (χ3v) is 5.12. The Hall–Kier alpha value is -4.24. The molecule has 2 N–H and O–H groups in total. The summed E-state index contributed by atoms with van der Waals surface area (Å²) >= 11 is 0. The van der Waals surface area contributed by atoms with Gasteiger partial charge in [0.15, 0.2) is 0 Å². The molecule has 0 aliphatic heterocycles. The Morgan fingerprint density at radius 2 is 1.42 bits per heavy atom. The van der Waals surface area contributed by atoms with Crippen molar-refractivity contribution in [2.24, 2.45) is 0 Å². The summed E-state index contributed by atoms with van der Waals surface area (Å²) in [5.41, 5.74) is 4.13. The summed E-state index contributed by atoms with van der Waals surface area (Å²) in [6.45, 7) is 11.5. The Labute approximate surface area is 181 Å². The largest absolute Gasteiger partial charge is 0.508 e. The Kier molecular flexibility index (Phi) is 5.33. The van der Waals surface area contributed by atoms with E-state index in [2.05, 4.69) is 19.7 Å². The Bertz CT molecular complexity index is 1330. The lowest BCUT2D eigenvalue weighted by molar-refractivity contribution is 0.473. The third-order valence-electron chi connectivity index (χ3n) is 5.12. The van der Waals surface area contributed by atoms with Gasteiger partial charge in [0, 0.05) is 10.9 Å². The van der Waals surface area contributed by atoms with E-state index in [1.165, 1.54) is 0 Å². The summed E-state index contributed by atoms with van der Waals surface area (Å²) in [5.74, 6) is 1.51. The number of hydrogen-bond donors (Lipinski definition) is 2. The number of phenolic OH excluding ortho intramolecular Hbond substituents is 2. The van der Waals surface area contributed by atoms with Gasteiger partial charge in [-0.3, -0.25) is 0 Å².